The molecule has 2 aromatic carbocycles. The number of piperazine rings is 1. The number of carbonyl (C=O) groups excluding carboxylic acids is 2. The minimum Gasteiger partial charge on any atom is -0.507 e. The Labute approximate surface area is 210 Å². The first kappa shape index (κ1) is 24.4. The minimum absolute atomic E-state index is 0.00855. The predicted molar refractivity (Wildman–Crippen MR) is 133 cm³/mol. The SMILES string of the molecule is O=Cc1ccc(O)c(C(=O)NCN2CCN(c3cc4c(cc3F)c(=O)c(C(=O)O)cn4C3CC3)CC2)c1. The van der Waals surface area contributed by atoms with E-state index in [1.807, 2.05) is 9.80 Å². The van der Waals surface area contributed by atoms with Crippen molar-refractivity contribution in [2.45, 2.75) is 18.9 Å². The lowest BCUT2D eigenvalue weighted by atomic mass is 10.1. The summed E-state index contributed by atoms with van der Waals surface area (Å²) in [7, 11) is 0. The molecule has 1 aliphatic carbocycles. The zero-order chi connectivity index (χ0) is 26.3. The summed E-state index contributed by atoms with van der Waals surface area (Å²) < 4.78 is 16.9. The number of aromatic hydroxyl groups is 1. The number of carboxylic acid groups (broad SMARTS) is 1. The lowest BCUT2D eigenvalue weighted by molar-refractivity contribution is 0.0694. The van der Waals surface area contributed by atoms with Crippen molar-refractivity contribution in [3.63, 3.8) is 0 Å². The van der Waals surface area contributed by atoms with Crippen molar-refractivity contribution < 1.29 is 29.0 Å². The van der Waals surface area contributed by atoms with Crippen molar-refractivity contribution in [1.29, 1.82) is 0 Å². The number of rotatable bonds is 7. The van der Waals surface area contributed by atoms with Gasteiger partial charge >= 0.3 is 5.97 Å². The van der Waals surface area contributed by atoms with Crippen LogP contribution in [-0.2, 0) is 0 Å². The maximum atomic E-state index is 15.1. The lowest BCUT2D eigenvalue weighted by Gasteiger charge is -2.36. The number of anilines is 1. The molecule has 1 aliphatic heterocycles. The van der Waals surface area contributed by atoms with Gasteiger partial charge in [0.05, 0.1) is 23.4 Å². The van der Waals surface area contributed by atoms with E-state index < -0.39 is 23.1 Å². The largest absolute Gasteiger partial charge is 0.507 e. The van der Waals surface area contributed by atoms with Crippen LogP contribution in [0.15, 0.2) is 41.3 Å². The summed E-state index contributed by atoms with van der Waals surface area (Å²) in [6.07, 6.45) is 3.68. The second kappa shape index (κ2) is 9.66. The van der Waals surface area contributed by atoms with Gasteiger partial charge in [-0.3, -0.25) is 19.3 Å². The van der Waals surface area contributed by atoms with E-state index >= 15 is 4.39 Å². The fourth-order valence-electron chi connectivity index (χ4n) is 4.64. The number of hydrogen-bond acceptors (Lipinski definition) is 7. The van der Waals surface area contributed by atoms with E-state index in [1.165, 1.54) is 24.4 Å². The van der Waals surface area contributed by atoms with Gasteiger partial charge in [0.1, 0.15) is 23.4 Å². The Morgan fingerprint density at radius 2 is 1.81 bits per heavy atom. The lowest BCUT2D eigenvalue weighted by Crippen LogP contribution is -2.50. The van der Waals surface area contributed by atoms with Crippen LogP contribution in [0, 0.1) is 5.82 Å². The molecular weight excluding hydrogens is 483 g/mol. The van der Waals surface area contributed by atoms with E-state index in [9.17, 15) is 29.4 Å². The summed E-state index contributed by atoms with van der Waals surface area (Å²) >= 11 is 0. The van der Waals surface area contributed by atoms with Gasteiger partial charge in [-0.15, -0.1) is 0 Å². The molecule has 5 rings (SSSR count). The van der Waals surface area contributed by atoms with Gasteiger partial charge in [0.25, 0.3) is 5.91 Å². The number of aromatic nitrogens is 1. The molecule has 1 amide bonds. The molecule has 1 saturated carbocycles. The van der Waals surface area contributed by atoms with Crippen LogP contribution < -0.4 is 15.6 Å². The van der Waals surface area contributed by atoms with Crippen molar-refractivity contribution >= 4 is 34.8 Å². The number of aldehydes is 1. The van der Waals surface area contributed by atoms with Gasteiger partial charge in [0.2, 0.25) is 5.43 Å². The molecule has 0 atom stereocenters. The number of nitrogens with one attached hydrogen (secondary N) is 1. The quantitative estimate of drug-likeness (QED) is 0.414. The summed E-state index contributed by atoms with van der Waals surface area (Å²) in [6.45, 7) is 2.17. The molecule has 3 aromatic rings. The Morgan fingerprint density at radius 3 is 2.46 bits per heavy atom. The molecule has 37 heavy (non-hydrogen) atoms. The fourth-order valence-corrected chi connectivity index (χ4v) is 4.64. The molecule has 3 N–H and O–H groups in total. The molecule has 2 aliphatic rings. The Morgan fingerprint density at radius 1 is 1.08 bits per heavy atom. The number of carboxylic acids is 1. The molecule has 0 unspecified atom stereocenters. The highest BCUT2D eigenvalue weighted by atomic mass is 19.1. The standard InChI is InChI=1S/C26H25FN4O6/c27-20-10-17-21(31(16-2-3-16)12-19(24(17)34)26(36)37)11-22(20)30-7-5-29(6-8-30)14-28-25(35)18-9-15(13-32)1-4-23(18)33/h1,4,9-13,16,33H,2-3,5-8,14H2,(H,28,35)(H,36,37). The number of aromatic carboxylic acids is 1. The number of phenols is 1. The van der Waals surface area contributed by atoms with Crippen molar-refractivity contribution in [2.24, 2.45) is 0 Å². The van der Waals surface area contributed by atoms with Crippen molar-refractivity contribution in [1.82, 2.24) is 14.8 Å². The Bertz CT molecular complexity index is 1470. The average Bonchev–Trinajstić information content (AvgIpc) is 3.73. The fraction of sp³-hybridized carbons (Fsp3) is 0.308. The Balaban J connectivity index is 1.30. The number of carbonyl (C=O) groups is 3. The summed E-state index contributed by atoms with van der Waals surface area (Å²) in [5, 5.41) is 22.1. The van der Waals surface area contributed by atoms with Crippen LogP contribution >= 0.6 is 0 Å². The predicted octanol–water partition coefficient (Wildman–Crippen LogP) is 2.20. The molecule has 0 radical (unpaired) electrons. The van der Waals surface area contributed by atoms with Crippen LogP contribution in [0.25, 0.3) is 10.9 Å². The number of nitrogens with zero attached hydrogens (tertiary/aromatic N) is 3. The van der Waals surface area contributed by atoms with Crippen LogP contribution in [0.4, 0.5) is 10.1 Å². The van der Waals surface area contributed by atoms with Crippen molar-refractivity contribution in [3.05, 3.63) is 69.3 Å². The highest BCUT2D eigenvalue weighted by Crippen LogP contribution is 2.38. The third-order valence-electron chi connectivity index (χ3n) is 6.85. The molecule has 2 heterocycles. The number of halogens is 1. The molecule has 11 heteroatoms. The highest BCUT2D eigenvalue weighted by molar-refractivity contribution is 5.98. The average molecular weight is 509 g/mol. The van der Waals surface area contributed by atoms with E-state index in [4.69, 9.17) is 0 Å². The molecule has 10 nitrogen and oxygen atoms in total. The van der Waals surface area contributed by atoms with Gasteiger partial charge in [0, 0.05) is 49.4 Å². The number of phenolic OH excluding ortho intramolecular Hbond substituents is 1. The van der Waals surface area contributed by atoms with Crippen molar-refractivity contribution in [2.75, 3.05) is 37.7 Å². The molecule has 192 valence electrons. The summed E-state index contributed by atoms with van der Waals surface area (Å²) in [6, 6.07) is 6.87. The molecular formula is C26H25FN4O6. The minimum atomic E-state index is -1.33. The van der Waals surface area contributed by atoms with E-state index in [2.05, 4.69) is 5.32 Å². The van der Waals surface area contributed by atoms with E-state index in [0.29, 0.717) is 43.7 Å². The zero-order valence-corrected chi connectivity index (χ0v) is 19.8. The summed E-state index contributed by atoms with van der Waals surface area (Å²) in [4.78, 5) is 51.5. The first-order valence-corrected chi connectivity index (χ1v) is 11.9. The van der Waals surface area contributed by atoms with E-state index in [1.54, 1.807) is 10.6 Å². The van der Waals surface area contributed by atoms with Crippen LogP contribution in [0.5, 0.6) is 5.75 Å². The van der Waals surface area contributed by atoms with Gasteiger partial charge in [-0.25, -0.2) is 9.18 Å². The summed E-state index contributed by atoms with van der Waals surface area (Å²) in [5.41, 5.74) is 0.0719. The maximum Gasteiger partial charge on any atom is 0.341 e. The number of hydrogen-bond donors (Lipinski definition) is 3. The smallest absolute Gasteiger partial charge is 0.341 e. The molecule has 0 spiro atoms. The number of pyridine rings is 1. The number of fused-ring (bicyclic) bond motifs is 1. The second-order valence-corrected chi connectivity index (χ2v) is 9.30. The van der Waals surface area contributed by atoms with Gasteiger partial charge < -0.3 is 25.0 Å². The normalized spacial score (nSPS) is 16.1. The summed E-state index contributed by atoms with van der Waals surface area (Å²) in [5.74, 6) is -2.66. The van der Waals surface area contributed by atoms with Gasteiger partial charge in [-0.1, -0.05) is 0 Å². The molecule has 0 bridgehead atoms. The van der Waals surface area contributed by atoms with Crippen LogP contribution in [0.2, 0.25) is 0 Å². The third kappa shape index (κ3) is 4.77. The molecule has 1 aromatic heterocycles. The topological polar surface area (TPSA) is 132 Å². The first-order valence-electron chi connectivity index (χ1n) is 11.9. The van der Waals surface area contributed by atoms with Gasteiger partial charge in [0.15, 0.2) is 0 Å². The number of amides is 1. The maximum absolute atomic E-state index is 15.1. The van der Waals surface area contributed by atoms with E-state index in [-0.39, 0.29) is 40.5 Å². The highest BCUT2D eigenvalue weighted by Gasteiger charge is 2.28. The molecule has 2 fully saturated rings. The monoisotopic (exact) mass is 508 g/mol. The Hall–Kier alpha value is -4.25. The second-order valence-electron chi connectivity index (χ2n) is 9.30. The van der Waals surface area contributed by atoms with Crippen molar-refractivity contribution in [3.8, 4) is 5.75 Å². The zero-order valence-electron chi connectivity index (χ0n) is 19.8. The van der Waals surface area contributed by atoms with Crippen LogP contribution in [0.1, 0.15) is 50.0 Å². The van der Waals surface area contributed by atoms with Crippen LogP contribution in [-0.4, -0.2) is 70.7 Å². The van der Waals surface area contributed by atoms with E-state index in [0.717, 1.165) is 18.9 Å². The van der Waals surface area contributed by atoms with Crippen LogP contribution in [0.3, 0.4) is 0 Å². The molecule has 1 saturated heterocycles. The number of benzene rings is 2. The Kier molecular flexibility index (Phi) is 6.38. The third-order valence-corrected chi connectivity index (χ3v) is 6.85. The van der Waals surface area contributed by atoms with Gasteiger partial charge in [-0.2, -0.15) is 0 Å². The van der Waals surface area contributed by atoms with Gasteiger partial charge in [-0.05, 0) is 43.2 Å². The first-order chi connectivity index (χ1) is 17.8.